The van der Waals surface area contributed by atoms with E-state index >= 15 is 0 Å². The van der Waals surface area contributed by atoms with Crippen LogP contribution in [0, 0.1) is 22.7 Å². The van der Waals surface area contributed by atoms with Crippen molar-refractivity contribution in [2.24, 2.45) is 22.7 Å². The molecule has 4 rings (SSSR count). The van der Waals surface area contributed by atoms with Crippen molar-refractivity contribution in [3.63, 3.8) is 0 Å². The van der Waals surface area contributed by atoms with Gasteiger partial charge in [0.25, 0.3) is 0 Å². The average molecular weight is 417 g/mol. The molecule has 0 amide bonds. The van der Waals surface area contributed by atoms with Crippen molar-refractivity contribution >= 4 is 0 Å². The largest absolute Gasteiger partial charge is 0.394 e. The van der Waals surface area contributed by atoms with Crippen LogP contribution in [0.3, 0.4) is 0 Å². The Kier molecular flexibility index (Phi) is 5.36. The van der Waals surface area contributed by atoms with Gasteiger partial charge in [-0.1, -0.05) is 20.8 Å². The predicted molar refractivity (Wildman–Crippen MR) is 102 cm³/mol. The minimum atomic E-state index is -1.53. The molecule has 168 valence electrons. The van der Waals surface area contributed by atoms with Crippen molar-refractivity contribution in [2.45, 2.75) is 101 Å². The summed E-state index contributed by atoms with van der Waals surface area (Å²) in [5, 5.41) is 62.2. The number of hydrogen-bond acceptors (Lipinski definition) is 8. The average Bonchev–Trinajstić information content (AvgIpc) is 2.70. The Labute approximate surface area is 171 Å². The van der Waals surface area contributed by atoms with Gasteiger partial charge in [-0.15, -0.1) is 0 Å². The molecule has 29 heavy (non-hydrogen) atoms. The molecule has 0 spiro atoms. The number of ether oxygens (including phenoxy) is 2. The van der Waals surface area contributed by atoms with E-state index in [1.54, 1.807) is 0 Å². The van der Waals surface area contributed by atoms with E-state index in [0.29, 0.717) is 12.3 Å². The molecule has 8 nitrogen and oxygen atoms in total. The first kappa shape index (κ1) is 21.9. The first-order chi connectivity index (χ1) is 13.4. The molecule has 0 aromatic rings. The zero-order valence-electron chi connectivity index (χ0n) is 17.4. The molecule has 6 N–H and O–H groups in total. The molecule has 1 heterocycles. The topological polar surface area (TPSA) is 140 Å². The molecule has 4 aliphatic rings. The highest BCUT2D eigenvalue weighted by Crippen LogP contribution is 2.65. The summed E-state index contributed by atoms with van der Waals surface area (Å²) in [4.78, 5) is 0. The number of fused-ring (bicyclic) bond motifs is 4. The molecule has 0 aromatic carbocycles. The fourth-order valence-corrected chi connectivity index (χ4v) is 6.78. The minimum Gasteiger partial charge on any atom is -0.394 e. The van der Waals surface area contributed by atoms with Crippen LogP contribution in [0.25, 0.3) is 0 Å². The van der Waals surface area contributed by atoms with Crippen molar-refractivity contribution in [1.82, 2.24) is 0 Å². The summed E-state index contributed by atoms with van der Waals surface area (Å²) in [5.41, 5.74) is -1.30. The molecule has 2 bridgehead atoms. The monoisotopic (exact) mass is 416 g/mol. The minimum absolute atomic E-state index is 0.169. The van der Waals surface area contributed by atoms with Gasteiger partial charge in [-0.3, -0.25) is 0 Å². The second-order valence-electron chi connectivity index (χ2n) is 10.9. The van der Waals surface area contributed by atoms with Gasteiger partial charge < -0.3 is 40.1 Å². The normalized spacial score (nSPS) is 56.8. The van der Waals surface area contributed by atoms with Crippen LogP contribution in [0.4, 0.5) is 0 Å². The van der Waals surface area contributed by atoms with E-state index in [1.807, 2.05) is 6.92 Å². The summed E-state index contributed by atoms with van der Waals surface area (Å²) in [7, 11) is 0. The molecule has 4 fully saturated rings. The van der Waals surface area contributed by atoms with Crippen molar-refractivity contribution in [1.29, 1.82) is 0 Å². The molecule has 11 atom stereocenters. The van der Waals surface area contributed by atoms with Crippen LogP contribution in [0.2, 0.25) is 0 Å². The molecule has 0 unspecified atom stereocenters. The molecule has 1 aliphatic heterocycles. The van der Waals surface area contributed by atoms with Crippen LogP contribution in [-0.2, 0) is 9.47 Å². The molecule has 1 saturated heterocycles. The maximum Gasteiger partial charge on any atom is 0.187 e. The SMILES string of the molecule is CC1(C)C[C@H]2[C@H]1CC[C@@]1(C)C[C@@]2(O)C[C@H](O)[C@H]1O[C@@H]1O[C@H](CO)[C@@H](O)[C@H](O)[C@H]1O. The lowest BCUT2D eigenvalue weighted by molar-refractivity contribution is -0.335. The summed E-state index contributed by atoms with van der Waals surface area (Å²) >= 11 is 0. The molecule has 8 heteroatoms. The zero-order chi connectivity index (χ0) is 21.4. The van der Waals surface area contributed by atoms with E-state index in [0.717, 1.165) is 19.3 Å². The lowest BCUT2D eigenvalue weighted by atomic mass is 9.49. The lowest BCUT2D eigenvalue weighted by Gasteiger charge is -2.59. The van der Waals surface area contributed by atoms with E-state index in [2.05, 4.69) is 13.8 Å². The number of hydrogen-bond donors (Lipinski definition) is 6. The smallest absolute Gasteiger partial charge is 0.187 e. The summed E-state index contributed by atoms with van der Waals surface area (Å²) in [6, 6.07) is 0. The highest BCUT2D eigenvalue weighted by Gasteiger charge is 2.64. The lowest BCUT2D eigenvalue weighted by Crippen LogP contribution is -2.64. The van der Waals surface area contributed by atoms with Crippen LogP contribution >= 0.6 is 0 Å². The standard InChI is InChI=1S/C21H36O8/c1-19(2)6-11-10(19)4-5-20(3)9-21(11,27)7-12(23)17(20)29-18-16(26)15(25)14(24)13(8-22)28-18/h10-18,22-27H,4-9H2,1-3H3/t10-,11+,12+,13-,14-,15+,16-,17-,18+,20+,21+/m1/s1. The van der Waals surface area contributed by atoms with Crippen LogP contribution in [0.5, 0.6) is 0 Å². The zero-order valence-corrected chi connectivity index (χ0v) is 17.4. The summed E-state index contributed by atoms with van der Waals surface area (Å²) in [6.45, 7) is 5.92. The van der Waals surface area contributed by atoms with Crippen molar-refractivity contribution in [2.75, 3.05) is 6.61 Å². The van der Waals surface area contributed by atoms with E-state index in [4.69, 9.17) is 9.47 Å². The van der Waals surface area contributed by atoms with Gasteiger partial charge >= 0.3 is 0 Å². The van der Waals surface area contributed by atoms with Crippen molar-refractivity contribution < 1.29 is 40.1 Å². The van der Waals surface area contributed by atoms with Crippen LogP contribution in [0.15, 0.2) is 0 Å². The van der Waals surface area contributed by atoms with Gasteiger partial charge in [0.2, 0.25) is 0 Å². The summed E-state index contributed by atoms with van der Waals surface area (Å²) < 4.78 is 11.5. The van der Waals surface area contributed by atoms with Crippen molar-refractivity contribution in [3.8, 4) is 0 Å². The molecule has 3 aliphatic carbocycles. The van der Waals surface area contributed by atoms with Gasteiger partial charge in [0.05, 0.1) is 24.4 Å². The maximum atomic E-state index is 11.5. The second-order valence-corrected chi connectivity index (χ2v) is 10.9. The Bertz CT molecular complexity index is 626. The predicted octanol–water partition coefficient (Wildman–Crippen LogP) is -0.480. The number of aliphatic hydroxyl groups is 6. The van der Waals surface area contributed by atoms with Gasteiger partial charge in [-0.05, 0) is 48.3 Å². The quantitative estimate of drug-likeness (QED) is 0.363. The Morgan fingerprint density at radius 2 is 1.66 bits per heavy atom. The molecule has 0 aromatic heterocycles. The first-order valence-corrected chi connectivity index (χ1v) is 10.8. The van der Waals surface area contributed by atoms with Crippen LogP contribution in [-0.4, -0.2) is 85.8 Å². The second kappa shape index (κ2) is 7.10. The Balaban J connectivity index is 1.56. The highest BCUT2D eigenvalue weighted by atomic mass is 16.7. The fourth-order valence-electron chi connectivity index (χ4n) is 6.78. The fraction of sp³-hybridized carbons (Fsp3) is 1.00. The van der Waals surface area contributed by atoms with Gasteiger partial charge in [0.1, 0.15) is 24.4 Å². The van der Waals surface area contributed by atoms with E-state index in [-0.39, 0.29) is 17.8 Å². The third kappa shape index (κ3) is 3.36. The van der Waals surface area contributed by atoms with E-state index in [1.165, 1.54) is 0 Å². The van der Waals surface area contributed by atoms with Gasteiger partial charge in [-0.2, -0.15) is 0 Å². The Morgan fingerprint density at radius 1 is 0.966 bits per heavy atom. The molecule has 0 radical (unpaired) electrons. The van der Waals surface area contributed by atoms with Gasteiger partial charge in [0.15, 0.2) is 6.29 Å². The summed E-state index contributed by atoms with van der Waals surface area (Å²) in [6.07, 6.45) is -5.17. The van der Waals surface area contributed by atoms with Gasteiger partial charge in [0, 0.05) is 6.42 Å². The Hall–Kier alpha value is -0.320. The van der Waals surface area contributed by atoms with E-state index in [9.17, 15) is 30.6 Å². The maximum absolute atomic E-state index is 11.5. The van der Waals surface area contributed by atoms with Gasteiger partial charge in [-0.25, -0.2) is 0 Å². The highest BCUT2D eigenvalue weighted by molar-refractivity contribution is 5.14. The molecular formula is C21H36O8. The third-order valence-electron chi connectivity index (χ3n) is 8.39. The van der Waals surface area contributed by atoms with Crippen LogP contribution < -0.4 is 0 Å². The Morgan fingerprint density at radius 3 is 2.28 bits per heavy atom. The van der Waals surface area contributed by atoms with E-state index < -0.39 is 60.5 Å². The summed E-state index contributed by atoms with van der Waals surface area (Å²) in [5.74, 6) is 0.565. The molecule has 3 saturated carbocycles. The molecular weight excluding hydrogens is 380 g/mol. The number of rotatable bonds is 3. The number of aliphatic hydroxyl groups excluding tert-OH is 5. The van der Waals surface area contributed by atoms with Crippen LogP contribution in [0.1, 0.15) is 52.9 Å². The first-order valence-electron chi connectivity index (χ1n) is 10.8. The third-order valence-corrected chi connectivity index (χ3v) is 8.39. The van der Waals surface area contributed by atoms with Crippen molar-refractivity contribution in [3.05, 3.63) is 0 Å².